The average molecular weight is 406 g/mol. The summed E-state index contributed by atoms with van der Waals surface area (Å²) in [7, 11) is 0. The van der Waals surface area contributed by atoms with E-state index in [1.807, 2.05) is 6.92 Å². The molecular formula is C24H37O5-. The van der Waals surface area contributed by atoms with Gasteiger partial charge in [0.2, 0.25) is 0 Å². The first-order chi connectivity index (χ1) is 13.4. The van der Waals surface area contributed by atoms with Crippen LogP contribution in [0.4, 0.5) is 0 Å². The SMILES string of the molecule is CC(=O)[C@@]1(O)C(C)C[C@H]2[C@@H]3CC[C@H]4CC(O)(CC(=O)[O-])CC[C@]4(C)[C@H]3CC[C@@]21C. The Hall–Kier alpha value is -0.940. The number of carboxylic acid groups (broad SMARTS) is 1. The predicted octanol–water partition coefficient (Wildman–Crippen LogP) is 2.47. The third kappa shape index (κ3) is 2.79. The second kappa shape index (κ2) is 6.53. The number of hydrogen-bond acceptors (Lipinski definition) is 5. The Morgan fingerprint density at radius 2 is 1.72 bits per heavy atom. The van der Waals surface area contributed by atoms with Crippen LogP contribution in [0.3, 0.4) is 0 Å². The lowest BCUT2D eigenvalue weighted by atomic mass is 9.43. The van der Waals surface area contributed by atoms with Gasteiger partial charge >= 0.3 is 0 Å². The molecule has 4 fully saturated rings. The monoisotopic (exact) mass is 405 g/mol. The van der Waals surface area contributed by atoms with Crippen LogP contribution in [-0.2, 0) is 9.59 Å². The van der Waals surface area contributed by atoms with Crippen molar-refractivity contribution in [2.45, 2.75) is 96.7 Å². The van der Waals surface area contributed by atoms with Crippen molar-refractivity contribution in [2.75, 3.05) is 0 Å². The van der Waals surface area contributed by atoms with E-state index in [0.717, 1.165) is 38.5 Å². The minimum Gasteiger partial charge on any atom is -0.550 e. The largest absolute Gasteiger partial charge is 0.550 e. The molecular weight excluding hydrogens is 368 g/mol. The van der Waals surface area contributed by atoms with Gasteiger partial charge in [0.05, 0.1) is 5.60 Å². The molecule has 2 unspecified atom stereocenters. The van der Waals surface area contributed by atoms with E-state index in [9.17, 15) is 24.9 Å². The summed E-state index contributed by atoms with van der Waals surface area (Å²) in [5, 5.41) is 33.5. The average Bonchev–Trinajstić information content (AvgIpc) is 2.83. The maximum atomic E-state index is 12.5. The second-order valence-corrected chi connectivity index (χ2v) is 11.5. The van der Waals surface area contributed by atoms with E-state index in [-0.39, 0.29) is 29.0 Å². The summed E-state index contributed by atoms with van der Waals surface area (Å²) in [5.74, 6) is 0.439. The highest BCUT2D eigenvalue weighted by Crippen LogP contribution is 2.69. The van der Waals surface area contributed by atoms with Crippen LogP contribution in [0.15, 0.2) is 0 Å². The number of fused-ring (bicyclic) bond motifs is 5. The lowest BCUT2D eigenvalue weighted by molar-refractivity contribution is -0.310. The third-order valence-electron chi connectivity index (χ3n) is 10.4. The smallest absolute Gasteiger partial charge is 0.162 e. The Labute approximate surface area is 174 Å². The highest BCUT2D eigenvalue weighted by atomic mass is 16.4. The van der Waals surface area contributed by atoms with Gasteiger partial charge in [-0.2, -0.15) is 0 Å². The molecule has 0 saturated heterocycles. The number of Topliss-reactive ketones (excluding diaryl/α,β-unsaturated/α-hetero) is 1. The second-order valence-electron chi connectivity index (χ2n) is 11.5. The maximum absolute atomic E-state index is 12.5. The van der Waals surface area contributed by atoms with Gasteiger partial charge in [0, 0.05) is 17.8 Å². The minimum absolute atomic E-state index is 0.0150. The van der Waals surface area contributed by atoms with Crippen molar-refractivity contribution in [3.63, 3.8) is 0 Å². The van der Waals surface area contributed by atoms with Crippen molar-refractivity contribution in [3.05, 3.63) is 0 Å². The number of rotatable bonds is 3. The van der Waals surface area contributed by atoms with Crippen LogP contribution in [0.5, 0.6) is 0 Å². The lowest BCUT2D eigenvalue weighted by Crippen LogP contribution is -2.60. The standard InChI is InChI=1S/C24H38O5/c1-14-11-19-17-6-5-16-12-23(28,13-20(26)27)10-9-21(16,3)18(17)7-8-22(19,4)24(14,29)15(2)25/h14,16-19,28-29H,5-13H2,1-4H3,(H,26,27)/p-1/t14?,16-,17+,18-,19-,21-,22-,23?,24-/m0/s1. The number of carboxylic acids is 1. The van der Waals surface area contributed by atoms with Crippen molar-refractivity contribution in [1.82, 2.24) is 0 Å². The highest BCUT2D eigenvalue weighted by molar-refractivity contribution is 5.86. The van der Waals surface area contributed by atoms with E-state index >= 15 is 0 Å². The van der Waals surface area contributed by atoms with E-state index < -0.39 is 17.2 Å². The molecule has 5 heteroatoms. The molecule has 4 rings (SSSR count). The zero-order chi connectivity index (χ0) is 21.4. The van der Waals surface area contributed by atoms with E-state index in [4.69, 9.17) is 0 Å². The first-order valence-corrected chi connectivity index (χ1v) is 11.5. The fraction of sp³-hybridized carbons (Fsp3) is 0.917. The van der Waals surface area contributed by atoms with E-state index in [1.54, 1.807) is 6.92 Å². The Kier molecular flexibility index (Phi) is 4.79. The minimum atomic E-state index is -1.22. The van der Waals surface area contributed by atoms with Crippen LogP contribution in [-0.4, -0.2) is 33.2 Å². The number of carbonyl (C=O) groups excluding carboxylic acids is 2. The predicted molar refractivity (Wildman–Crippen MR) is 106 cm³/mol. The Bertz CT molecular complexity index is 720. The molecule has 2 N–H and O–H groups in total. The lowest BCUT2D eigenvalue weighted by Gasteiger charge is -2.62. The van der Waals surface area contributed by atoms with Crippen molar-refractivity contribution in [2.24, 2.45) is 40.4 Å². The zero-order valence-corrected chi connectivity index (χ0v) is 18.4. The Morgan fingerprint density at radius 1 is 1.03 bits per heavy atom. The fourth-order valence-corrected chi connectivity index (χ4v) is 8.84. The summed E-state index contributed by atoms with van der Waals surface area (Å²) in [6.45, 7) is 8.08. The van der Waals surface area contributed by atoms with Gasteiger partial charge in [0.15, 0.2) is 5.78 Å². The molecule has 0 aliphatic heterocycles. The van der Waals surface area contributed by atoms with Gasteiger partial charge in [-0.05, 0) is 93.3 Å². The zero-order valence-electron chi connectivity index (χ0n) is 18.4. The molecule has 29 heavy (non-hydrogen) atoms. The van der Waals surface area contributed by atoms with Crippen LogP contribution < -0.4 is 5.11 Å². The topological polar surface area (TPSA) is 97.7 Å². The summed E-state index contributed by atoms with van der Waals surface area (Å²) in [6.07, 6.45) is 6.47. The van der Waals surface area contributed by atoms with Crippen LogP contribution >= 0.6 is 0 Å². The summed E-state index contributed by atoms with van der Waals surface area (Å²) in [6, 6.07) is 0. The summed E-state index contributed by atoms with van der Waals surface area (Å²) in [5.41, 5.74) is -2.60. The summed E-state index contributed by atoms with van der Waals surface area (Å²) < 4.78 is 0. The molecule has 9 atom stereocenters. The molecule has 0 aromatic heterocycles. The molecule has 4 aliphatic rings. The maximum Gasteiger partial charge on any atom is 0.162 e. The number of aliphatic carboxylic acids is 1. The normalized spacial score (nSPS) is 54.2. The number of ketones is 1. The molecule has 0 heterocycles. The van der Waals surface area contributed by atoms with E-state index in [2.05, 4.69) is 13.8 Å². The molecule has 0 amide bonds. The molecule has 0 radical (unpaired) electrons. The fourth-order valence-electron chi connectivity index (χ4n) is 8.84. The van der Waals surface area contributed by atoms with Gasteiger partial charge in [-0.1, -0.05) is 20.8 Å². The molecule has 0 aromatic rings. The molecule has 0 spiro atoms. The van der Waals surface area contributed by atoms with Gasteiger partial charge in [0.25, 0.3) is 0 Å². The molecule has 4 aliphatic carbocycles. The van der Waals surface area contributed by atoms with E-state index in [1.165, 1.54) is 0 Å². The van der Waals surface area contributed by atoms with Crippen molar-refractivity contribution >= 4 is 11.8 Å². The van der Waals surface area contributed by atoms with Gasteiger partial charge in [-0.25, -0.2) is 0 Å². The van der Waals surface area contributed by atoms with Crippen molar-refractivity contribution < 1.29 is 24.9 Å². The number of hydrogen-bond donors (Lipinski definition) is 2. The van der Waals surface area contributed by atoms with Gasteiger partial charge in [0.1, 0.15) is 5.60 Å². The Balaban J connectivity index is 1.61. The summed E-state index contributed by atoms with van der Waals surface area (Å²) >= 11 is 0. The van der Waals surface area contributed by atoms with Crippen LogP contribution in [0, 0.1) is 40.4 Å². The van der Waals surface area contributed by atoms with Crippen molar-refractivity contribution in [1.29, 1.82) is 0 Å². The molecule has 5 nitrogen and oxygen atoms in total. The Morgan fingerprint density at radius 3 is 2.34 bits per heavy atom. The molecule has 0 aromatic carbocycles. The number of carbonyl (C=O) groups is 2. The van der Waals surface area contributed by atoms with Gasteiger partial charge in [-0.15, -0.1) is 0 Å². The van der Waals surface area contributed by atoms with Crippen LogP contribution in [0.2, 0.25) is 0 Å². The van der Waals surface area contributed by atoms with Gasteiger partial charge in [-0.3, -0.25) is 4.79 Å². The summed E-state index contributed by atoms with van der Waals surface area (Å²) in [4.78, 5) is 23.6. The first-order valence-electron chi connectivity index (χ1n) is 11.5. The third-order valence-corrected chi connectivity index (χ3v) is 10.4. The van der Waals surface area contributed by atoms with Crippen molar-refractivity contribution in [3.8, 4) is 0 Å². The quantitative estimate of drug-likeness (QED) is 0.752. The first kappa shape index (κ1) is 21.3. The number of aliphatic hydroxyl groups is 2. The van der Waals surface area contributed by atoms with Gasteiger partial charge < -0.3 is 20.1 Å². The molecule has 4 saturated carbocycles. The molecule has 0 bridgehead atoms. The molecule has 164 valence electrons. The van der Waals surface area contributed by atoms with E-state index in [0.29, 0.717) is 36.5 Å². The van der Waals surface area contributed by atoms with Crippen LogP contribution in [0.25, 0.3) is 0 Å². The van der Waals surface area contributed by atoms with Crippen LogP contribution in [0.1, 0.15) is 85.5 Å². The highest BCUT2D eigenvalue weighted by Gasteiger charge is 2.68.